The maximum Gasteiger partial charge on any atom is 0.388 e. The molecular weight excluding hydrogens is 161 g/mol. The molecule has 1 aromatic rings. The molecule has 0 N–H and O–H groups in total. The first-order chi connectivity index (χ1) is 5.18. The Kier molecular flexibility index (Phi) is 2.25. The maximum absolute atomic E-state index is 12.2. The first-order valence-corrected chi connectivity index (χ1v) is 2.61. The van der Waals surface area contributed by atoms with Gasteiger partial charge < -0.3 is 4.74 Å². The van der Waals surface area contributed by atoms with Crippen LogP contribution in [0.5, 0.6) is 5.88 Å². The smallest absolute Gasteiger partial charge is 0.388 e. The summed E-state index contributed by atoms with van der Waals surface area (Å²) < 4.78 is 38.8. The standard InChI is InChI=1S/C5H3F3N2O/c6-3-1-4(10-9-2-3)11-5(7)8/h1-2,5H. The third-order valence-corrected chi connectivity index (χ3v) is 0.809. The van der Waals surface area contributed by atoms with Gasteiger partial charge in [-0.25, -0.2) is 4.39 Å². The van der Waals surface area contributed by atoms with Crippen LogP contribution in [0.2, 0.25) is 0 Å². The Hall–Kier alpha value is -1.33. The highest BCUT2D eigenvalue weighted by molar-refractivity contribution is 5.07. The van der Waals surface area contributed by atoms with E-state index in [-0.39, 0.29) is 0 Å². The van der Waals surface area contributed by atoms with Crippen LogP contribution >= 0.6 is 0 Å². The number of hydrogen-bond acceptors (Lipinski definition) is 3. The van der Waals surface area contributed by atoms with Gasteiger partial charge in [-0.2, -0.15) is 13.9 Å². The summed E-state index contributed by atoms with van der Waals surface area (Å²) in [7, 11) is 0. The second-order valence-electron chi connectivity index (χ2n) is 1.59. The van der Waals surface area contributed by atoms with E-state index in [1.165, 1.54) is 0 Å². The monoisotopic (exact) mass is 164 g/mol. The van der Waals surface area contributed by atoms with Gasteiger partial charge in [-0.3, -0.25) is 0 Å². The van der Waals surface area contributed by atoms with E-state index in [4.69, 9.17) is 0 Å². The predicted octanol–water partition coefficient (Wildman–Crippen LogP) is 1.22. The molecular formula is C5H3F3N2O. The fourth-order valence-corrected chi connectivity index (χ4v) is 0.474. The molecule has 0 unspecified atom stereocenters. The molecule has 11 heavy (non-hydrogen) atoms. The molecule has 1 rings (SSSR count). The van der Waals surface area contributed by atoms with Crippen LogP contribution in [-0.4, -0.2) is 16.8 Å². The number of rotatable bonds is 2. The van der Waals surface area contributed by atoms with Gasteiger partial charge in [0.25, 0.3) is 0 Å². The van der Waals surface area contributed by atoms with Crippen LogP contribution in [0.25, 0.3) is 0 Å². The van der Waals surface area contributed by atoms with Crippen molar-refractivity contribution in [3.63, 3.8) is 0 Å². The lowest BCUT2D eigenvalue weighted by Crippen LogP contribution is -2.04. The molecule has 3 nitrogen and oxygen atoms in total. The van der Waals surface area contributed by atoms with Gasteiger partial charge in [0, 0.05) is 6.07 Å². The van der Waals surface area contributed by atoms with Crippen LogP contribution in [0.4, 0.5) is 13.2 Å². The van der Waals surface area contributed by atoms with Gasteiger partial charge in [0.2, 0.25) is 5.88 Å². The van der Waals surface area contributed by atoms with Crippen molar-refractivity contribution in [2.75, 3.05) is 0 Å². The van der Waals surface area contributed by atoms with Crippen LogP contribution < -0.4 is 4.74 Å². The Balaban J connectivity index is 2.71. The van der Waals surface area contributed by atoms with Crippen LogP contribution in [0.1, 0.15) is 0 Å². The van der Waals surface area contributed by atoms with E-state index in [2.05, 4.69) is 14.9 Å². The van der Waals surface area contributed by atoms with Crippen LogP contribution in [-0.2, 0) is 0 Å². The third kappa shape index (κ3) is 2.40. The zero-order chi connectivity index (χ0) is 8.27. The van der Waals surface area contributed by atoms with Gasteiger partial charge >= 0.3 is 6.61 Å². The van der Waals surface area contributed by atoms with Crippen molar-refractivity contribution in [1.29, 1.82) is 0 Å². The number of hydrogen-bond donors (Lipinski definition) is 0. The van der Waals surface area contributed by atoms with Crippen molar-refractivity contribution < 1.29 is 17.9 Å². The van der Waals surface area contributed by atoms with Gasteiger partial charge in [0.1, 0.15) is 5.82 Å². The molecule has 0 bridgehead atoms. The second kappa shape index (κ2) is 3.18. The summed E-state index contributed by atoms with van der Waals surface area (Å²) in [4.78, 5) is 0. The van der Waals surface area contributed by atoms with Crippen molar-refractivity contribution in [1.82, 2.24) is 10.2 Å². The highest BCUT2D eigenvalue weighted by Gasteiger charge is 2.05. The third-order valence-electron chi connectivity index (χ3n) is 0.809. The molecule has 0 aliphatic carbocycles. The highest BCUT2D eigenvalue weighted by atomic mass is 19.3. The van der Waals surface area contributed by atoms with E-state index in [1.807, 2.05) is 0 Å². The Morgan fingerprint density at radius 3 is 2.73 bits per heavy atom. The SMILES string of the molecule is Fc1cnnc(OC(F)F)c1. The average molecular weight is 164 g/mol. The molecule has 60 valence electrons. The van der Waals surface area contributed by atoms with E-state index in [0.717, 1.165) is 12.3 Å². The molecule has 0 saturated carbocycles. The largest absolute Gasteiger partial charge is 0.415 e. The minimum absolute atomic E-state index is 0.528. The Morgan fingerprint density at radius 1 is 1.45 bits per heavy atom. The number of ether oxygens (including phenoxy) is 1. The number of nitrogens with zero attached hydrogens (tertiary/aromatic N) is 2. The summed E-state index contributed by atoms with van der Waals surface area (Å²) in [5, 5.41) is 6.14. The summed E-state index contributed by atoms with van der Waals surface area (Å²) >= 11 is 0. The van der Waals surface area contributed by atoms with Crippen molar-refractivity contribution in [3.8, 4) is 5.88 Å². The molecule has 0 spiro atoms. The maximum atomic E-state index is 12.2. The van der Waals surface area contributed by atoms with Crippen molar-refractivity contribution >= 4 is 0 Å². The molecule has 0 radical (unpaired) electrons. The van der Waals surface area contributed by atoms with E-state index >= 15 is 0 Å². The quantitative estimate of drug-likeness (QED) is 0.659. The summed E-state index contributed by atoms with van der Waals surface area (Å²) in [5.41, 5.74) is 0. The molecule has 0 aliphatic heterocycles. The van der Waals surface area contributed by atoms with Crippen LogP contribution in [0, 0.1) is 5.82 Å². The number of alkyl halides is 2. The summed E-state index contributed by atoms with van der Waals surface area (Å²) in [6, 6.07) is 0.721. The molecule has 0 fully saturated rings. The lowest BCUT2D eigenvalue weighted by molar-refractivity contribution is -0.0536. The minimum atomic E-state index is -3.01. The first kappa shape index (κ1) is 7.77. The second-order valence-corrected chi connectivity index (χ2v) is 1.59. The molecule has 0 atom stereocenters. The van der Waals surface area contributed by atoms with Gasteiger partial charge in [-0.05, 0) is 0 Å². The predicted molar refractivity (Wildman–Crippen MR) is 28.6 cm³/mol. The molecule has 0 aliphatic rings. The van der Waals surface area contributed by atoms with Crippen molar-refractivity contribution in [2.45, 2.75) is 6.61 Å². The van der Waals surface area contributed by atoms with Gasteiger partial charge in [-0.1, -0.05) is 0 Å². The van der Waals surface area contributed by atoms with Crippen LogP contribution in [0.15, 0.2) is 12.3 Å². The first-order valence-electron chi connectivity index (χ1n) is 2.61. The number of halogens is 3. The van der Waals surface area contributed by atoms with Gasteiger partial charge in [-0.15, -0.1) is 5.10 Å². The van der Waals surface area contributed by atoms with Crippen LogP contribution in [0.3, 0.4) is 0 Å². The fourth-order valence-electron chi connectivity index (χ4n) is 0.474. The summed E-state index contributed by atoms with van der Waals surface area (Å²) in [6.07, 6.45) is 0.790. The molecule has 0 aromatic carbocycles. The average Bonchev–Trinajstić information content (AvgIpc) is 1.85. The minimum Gasteiger partial charge on any atom is -0.415 e. The lowest BCUT2D eigenvalue weighted by Gasteiger charge is -2.00. The lowest BCUT2D eigenvalue weighted by atomic mass is 10.5. The number of aromatic nitrogens is 2. The zero-order valence-electron chi connectivity index (χ0n) is 5.17. The van der Waals surface area contributed by atoms with Crippen molar-refractivity contribution in [2.24, 2.45) is 0 Å². The van der Waals surface area contributed by atoms with E-state index in [1.54, 1.807) is 0 Å². The molecule has 6 heteroatoms. The summed E-state index contributed by atoms with van der Waals surface area (Å²) in [5.74, 6) is -1.30. The normalized spacial score (nSPS) is 10.2. The molecule has 1 heterocycles. The molecule has 1 aromatic heterocycles. The zero-order valence-corrected chi connectivity index (χ0v) is 5.17. The molecule has 0 amide bonds. The fraction of sp³-hybridized carbons (Fsp3) is 0.200. The van der Waals surface area contributed by atoms with Gasteiger partial charge in [0.05, 0.1) is 6.20 Å². The Bertz CT molecular complexity index is 243. The Morgan fingerprint density at radius 2 is 2.18 bits per heavy atom. The molecule has 0 saturated heterocycles. The van der Waals surface area contributed by atoms with E-state index < -0.39 is 18.3 Å². The topological polar surface area (TPSA) is 35.0 Å². The van der Waals surface area contributed by atoms with E-state index in [0.29, 0.717) is 0 Å². The van der Waals surface area contributed by atoms with E-state index in [9.17, 15) is 13.2 Å². The highest BCUT2D eigenvalue weighted by Crippen LogP contribution is 2.08. The Labute approximate surface area is 59.8 Å². The van der Waals surface area contributed by atoms with Gasteiger partial charge in [0.15, 0.2) is 0 Å². The van der Waals surface area contributed by atoms with Crippen molar-refractivity contribution in [3.05, 3.63) is 18.1 Å². The summed E-state index contributed by atoms with van der Waals surface area (Å²) in [6.45, 7) is -3.01.